The van der Waals surface area contributed by atoms with Crippen molar-refractivity contribution in [1.29, 1.82) is 0 Å². The van der Waals surface area contributed by atoms with Crippen LogP contribution in [0, 0.1) is 5.41 Å². The maximum atomic E-state index is 11.7. The number of aromatic nitrogens is 2. The van der Waals surface area contributed by atoms with Gasteiger partial charge in [0, 0.05) is 25.2 Å². The molecule has 0 aliphatic heterocycles. The quantitative estimate of drug-likeness (QED) is 0.846. The summed E-state index contributed by atoms with van der Waals surface area (Å²) in [6.45, 7) is 7.87. The summed E-state index contributed by atoms with van der Waals surface area (Å²) >= 11 is 0. The summed E-state index contributed by atoms with van der Waals surface area (Å²) in [6, 6.07) is 0. The summed E-state index contributed by atoms with van der Waals surface area (Å²) in [7, 11) is 1.79. The van der Waals surface area contributed by atoms with Crippen molar-refractivity contribution in [2.45, 2.75) is 39.7 Å². The van der Waals surface area contributed by atoms with Gasteiger partial charge < -0.3 is 10.4 Å². The normalized spacial score (nSPS) is 15.2. The Hall–Kier alpha value is -1.36. The molecule has 1 unspecified atom stereocenters. The van der Waals surface area contributed by atoms with Crippen molar-refractivity contribution in [2.75, 3.05) is 6.54 Å². The zero-order chi connectivity index (χ0) is 14.0. The molecule has 0 bridgehead atoms. The summed E-state index contributed by atoms with van der Waals surface area (Å²) in [6.07, 6.45) is 3.79. The minimum Gasteiger partial charge on any atom is -0.383 e. The van der Waals surface area contributed by atoms with Gasteiger partial charge in [-0.25, -0.2) is 0 Å². The molecule has 0 saturated carbocycles. The highest BCUT2D eigenvalue weighted by molar-refractivity contribution is 5.76. The zero-order valence-electron chi connectivity index (χ0n) is 11.8. The summed E-state index contributed by atoms with van der Waals surface area (Å²) in [4.78, 5) is 11.7. The Morgan fingerprint density at radius 3 is 2.50 bits per heavy atom. The van der Waals surface area contributed by atoms with Crippen molar-refractivity contribution < 1.29 is 9.90 Å². The highest BCUT2D eigenvalue weighted by atomic mass is 16.3. The molecule has 1 aromatic rings. The number of aryl methyl sites for hydroxylation is 1. The van der Waals surface area contributed by atoms with Gasteiger partial charge in [-0.2, -0.15) is 5.10 Å². The largest absolute Gasteiger partial charge is 0.383 e. The fourth-order valence-corrected chi connectivity index (χ4v) is 1.62. The maximum Gasteiger partial charge on any atom is 0.220 e. The van der Waals surface area contributed by atoms with Crippen LogP contribution in [0.4, 0.5) is 0 Å². The molecule has 0 aliphatic rings. The lowest BCUT2D eigenvalue weighted by Crippen LogP contribution is -2.39. The van der Waals surface area contributed by atoms with E-state index in [9.17, 15) is 9.90 Å². The summed E-state index contributed by atoms with van der Waals surface area (Å²) in [5, 5.41) is 17.1. The van der Waals surface area contributed by atoms with Gasteiger partial charge in [0.05, 0.1) is 12.7 Å². The van der Waals surface area contributed by atoms with E-state index in [2.05, 4.69) is 10.4 Å². The average Bonchev–Trinajstić information content (AvgIpc) is 2.60. The van der Waals surface area contributed by atoms with E-state index in [0.717, 1.165) is 0 Å². The minimum absolute atomic E-state index is 0.0494. The second kappa shape index (κ2) is 5.10. The van der Waals surface area contributed by atoms with Gasteiger partial charge in [-0.05, 0) is 12.3 Å². The molecular weight excluding hydrogens is 230 g/mol. The molecule has 0 aromatic carbocycles. The van der Waals surface area contributed by atoms with Gasteiger partial charge in [0.25, 0.3) is 0 Å². The number of hydrogen-bond donors (Lipinski definition) is 2. The van der Waals surface area contributed by atoms with Crippen LogP contribution in [-0.2, 0) is 17.4 Å². The van der Waals surface area contributed by atoms with Gasteiger partial charge >= 0.3 is 0 Å². The second-order valence-electron chi connectivity index (χ2n) is 6.19. The smallest absolute Gasteiger partial charge is 0.220 e. The van der Waals surface area contributed by atoms with Crippen molar-refractivity contribution in [3.05, 3.63) is 18.0 Å². The van der Waals surface area contributed by atoms with Gasteiger partial charge in [-0.1, -0.05) is 20.8 Å². The Balaban J connectivity index is 2.55. The van der Waals surface area contributed by atoms with Gasteiger partial charge in [-0.3, -0.25) is 9.48 Å². The monoisotopic (exact) mass is 253 g/mol. The third-order valence-electron chi connectivity index (χ3n) is 2.65. The van der Waals surface area contributed by atoms with E-state index in [0.29, 0.717) is 12.0 Å². The van der Waals surface area contributed by atoms with E-state index in [-0.39, 0.29) is 17.9 Å². The first kappa shape index (κ1) is 14.7. The Morgan fingerprint density at radius 1 is 1.44 bits per heavy atom. The minimum atomic E-state index is -1.10. The van der Waals surface area contributed by atoms with E-state index in [1.165, 1.54) is 0 Å². The van der Waals surface area contributed by atoms with Crippen LogP contribution in [0.1, 0.15) is 39.7 Å². The Kier molecular flexibility index (Phi) is 4.16. The van der Waals surface area contributed by atoms with Gasteiger partial charge in [0.2, 0.25) is 5.91 Å². The Labute approximate surface area is 108 Å². The standard InChI is InChI=1S/C13H23N3O2/c1-12(2,3)6-11(17)14-9-13(4,18)10-7-15-16(5)8-10/h7-8,18H,6,9H2,1-5H3,(H,14,17). The fourth-order valence-electron chi connectivity index (χ4n) is 1.62. The molecule has 0 aliphatic carbocycles. The molecule has 18 heavy (non-hydrogen) atoms. The van der Waals surface area contributed by atoms with Crippen molar-refractivity contribution >= 4 is 5.91 Å². The molecule has 0 fully saturated rings. The van der Waals surface area contributed by atoms with Crippen LogP contribution in [0.3, 0.4) is 0 Å². The first-order valence-electron chi connectivity index (χ1n) is 6.08. The van der Waals surface area contributed by atoms with Crippen LogP contribution in [0.25, 0.3) is 0 Å². The van der Waals surface area contributed by atoms with E-state index >= 15 is 0 Å². The fraction of sp³-hybridized carbons (Fsp3) is 0.692. The molecule has 0 spiro atoms. The first-order chi connectivity index (χ1) is 8.10. The summed E-state index contributed by atoms with van der Waals surface area (Å²) in [5.41, 5.74) is -0.451. The van der Waals surface area contributed by atoms with Crippen LogP contribution in [0.15, 0.2) is 12.4 Å². The number of nitrogens with zero attached hydrogens (tertiary/aromatic N) is 2. The third-order valence-corrected chi connectivity index (χ3v) is 2.65. The second-order valence-corrected chi connectivity index (χ2v) is 6.19. The molecule has 5 nitrogen and oxygen atoms in total. The van der Waals surface area contributed by atoms with E-state index in [4.69, 9.17) is 0 Å². The molecule has 0 saturated heterocycles. The molecule has 1 amide bonds. The number of amides is 1. The van der Waals surface area contributed by atoms with Crippen molar-refractivity contribution in [2.24, 2.45) is 12.5 Å². The lowest BCUT2D eigenvalue weighted by molar-refractivity contribution is -0.124. The highest BCUT2D eigenvalue weighted by Crippen LogP contribution is 2.20. The highest BCUT2D eigenvalue weighted by Gasteiger charge is 2.26. The molecule has 1 rings (SSSR count). The summed E-state index contributed by atoms with van der Waals surface area (Å²) < 4.78 is 1.63. The molecular formula is C13H23N3O2. The lowest BCUT2D eigenvalue weighted by Gasteiger charge is -2.24. The van der Waals surface area contributed by atoms with Crippen LogP contribution >= 0.6 is 0 Å². The molecule has 2 N–H and O–H groups in total. The number of carbonyl (C=O) groups excluding carboxylic acids is 1. The molecule has 1 aromatic heterocycles. The van der Waals surface area contributed by atoms with E-state index in [1.54, 1.807) is 31.0 Å². The Bertz CT molecular complexity index is 416. The number of carbonyl (C=O) groups is 1. The SMILES string of the molecule is Cn1cc(C(C)(O)CNC(=O)CC(C)(C)C)cn1. The first-order valence-corrected chi connectivity index (χ1v) is 6.08. The number of aliphatic hydroxyl groups is 1. The third kappa shape index (κ3) is 4.49. The van der Waals surface area contributed by atoms with Gasteiger partial charge in [0.1, 0.15) is 5.60 Å². The number of hydrogen-bond acceptors (Lipinski definition) is 3. The molecule has 0 radical (unpaired) electrons. The zero-order valence-corrected chi connectivity index (χ0v) is 11.8. The van der Waals surface area contributed by atoms with E-state index in [1.807, 2.05) is 20.8 Å². The van der Waals surface area contributed by atoms with Crippen LogP contribution in [0.5, 0.6) is 0 Å². The van der Waals surface area contributed by atoms with Crippen LogP contribution in [0.2, 0.25) is 0 Å². The Morgan fingerprint density at radius 2 is 2.06 bits per heavy atom. The average molecular weight is 253 g/mol. The predicted molar refractivity (Wildman–Crippen MR) is 69.9 cm³/mol. The van der Waals surface area contributed by atoms with Crippen LogP contribution < -0.4 is 5.32 Å². The molecule has 1 heterocycles. The van der Waals surface area contributed by atoms with Crippen LogP contribution in [-0.4, -0.2) is 27.3 Å². The lowest BCUT2D eigenvalue weighted by atomic mass is 9.91. The van der Waals surface area contributed by atoms with Crippen molar-refractivity contribution in [3.8, 4) is 0 Å². The molecule has 102 valence electrons. The van der Waals surface area contributed by atoms with Crippen molar-refractivity contribution in [1.82, 2.24) is 15.1 Å². The summed E-state index contributed by atoms with van der Waals surface area (Å²) in [5.74, 6) is -0.0494. The topological polar surface area (TPSA) is 67.2 Å². The van der Waals surface area contributed by atoms with Crippen molar-refractivity contribution in [3.63, 3.8) is 0 Å². The molecule has 5 heteroatoms. The number of rotatable bonds is 4. The van der Waals surface area contributed by atoms with Gasteiger partial charge in [-0.15, -0.1) is 0 Å². The maximum absolute atomic E-state index is 11.7. The predicted octanol–water partition coefficient (Wildman–Crippen LogP) is 1.18. The van der Waals surface area contributed by atoms with E-state index < -0.39 is 5.60 Å². The number of nitrogens with one attached hydrogen (secondary N) is 1. The molecule has 1 atom stereocenters. The van der Waals surface area contributed by atoms with Gasteiger partial charge in [0.15, 0.2) is 0 Å².